The molecule has 1 heterocycles. The van der Waals surface area contributed by atoms with E-state index >= 15 is 0 Å². The molecule has 0 atom stereocenters. The number of halogens is 6. The molecule has 1 fully saturated rings. The van der Waals surface area contributed by atoms with Crippen LogP contribution in [0.1, 0.15) is 54.2 Å². The van der Waals surface area contributed by atoms with Crippen LogP contribution in [0.3, 0.4) is 0 Å². The van der Waals surface area contributed by atoms with E-state index in [1.165, 1.54) is 0 Å². The molecule has 1 saturated carbocycles. The molecule has 34 heavy (non-hydrogen) atoms. The van der Waals surface area contributed by atoms with Gasteiger partial charge in [-0.05, 0) is 61.4 Å². The Kier molecular flexibility index (Phi) is 7.03. The number of amides is 1. The summed E-state index contributed by atoms with van der Waals surface area (Å²) in [6.07, 6.45) is -7.49. The second kappa shape index (κ2) is 9.20. The van der Waals surface area contributed by atoms with E-state index in [9.17, 15) is 39.6 Å². The lowest BCUT2D eigenvalue weighted by molar-refractivity contribution is -0.138. The fourth-order valence-electron chi connectivity index (χ4n) is 3.90. The molecule has 186 valence electrons. The van der Waals surface area contributed by atoms with Crippen LogP contribution in [-0.4, -0.2) is 31.1 Å². The predicted octanol–water partition coefficient (Wildman–Crippen LogP) is 5.27. The Morgan fingerprint density at radius 3 is 2.18 bits per heavy atom. The number of carbonyl (C=O) groups is 1. The second-order valence-corrected chi connectivity index (χ2v) is 10.9. The molecule has 1 amide bonds. The average molecular weight is 508 g/mol. The van der Waals surface area contributed by atoms with Crippen LogP contribution in [0.4, 0.5) is 26.3 Å². The smallest absolute Gasteiger partial charge is 0.350 e. The molecule has 2 aromatic rings. The normalized spacial score (nSPS) is 21.8. The van der Waals surface area contributed by atoms with Crippen LogP contribution in [0, 0.1) is 5.41 Å². The van der Waals surface area contributed by atoms with Gasteiger partial charge in [-0.15, -0.1) is 0 Å². The zero-order valence-corrected chi connectivity index (χ0v) is 18.8. The maximum Gasteiger partial charge on any atom is 0.417 e. The van der Waals surface area contributed by atoms with E-state index in [2.05, 4.69) is 10.3 Å². The van der Waals surface area contributed by atoms with Gasteiger partial charge in [-0.1, -0.05) is 13.0 Å². The first-order valence-corrected chi connectivity index (χ1v) is 11.9. The zero-order valence-electron chi connectivity index (χ0n) is 18.0. The molecule has 1 N–H and O–H groups in total. The monoisotopic (exact) mass is 508 g/mol. The van der Waals surface area contributed by atoms with Crippen molar-refractivity contribution >= 4 is 15.7 Å². The molecule has 0 bridgehead atoms. The molecular weight excluding hydrogens is 486 g/mol. The minimum absolute atomic E-state index is 0.144. The van der Waals surface area contributed by atoms with Crippen LogP contribution in [-0.2, 0) is 22.2 Å². The molecule has 3 rings (SSSR count). The standard InChI is InChI=1S/C22H22F6N2O3S/c1-20(13-30-19(31)18-6-5-15(12-29-18)22(26,27)28)9-7-16(8-10-20)34(32,33)17-4-2-3-14(11-17)21(23,24)25/h2-6,11-12,16H,7-10,13H2,1H3,(H,30,31). The summed E-state index contributed by atoms with van der Waals surface area (Å²) in [5.74, 6) is -0.659. The number of benzene rings is 1. The average Bonchev–Trinajstić information content (AvgIpc) is 2.77. The molecule has 0 aliphatic heterocycles. The number of aromatic nitrogens is 1. The van der Waals surface area contributed by atoms with Crippen LogP contribution in [0.5, 0.6) is 0 Å². The van der Waals surface area contributed by atoms with E-state index in [4.69, 9.17) is 0 Å². The van der Waals surface area contributed by atoms with Crippen LogP contribution in [0.25, 0.3) is 0 Å². The third kappa shape index (κ3) is 5.89. The van der Waals surface area contributed by atoms with Gasteiger partial charge in [0, 0.05) is 12.7 Å². The quantitative estimate of drug-likeness (QED) is 0.559. The first kappa shape index (κ1) is 26.0. The maximum atomic E-state index is 13.0. The molecule has 5 nitrogen and oxygen atoms in total. The summed E-state index contributed by atoms with van der Waals surface area (Å²) in [5.41, 5.74) is -2.68. The molecule has 0 spiro atoms. The number of carbonyl (C=O) groups excluding carboxylic acids is 1. The molecule has 0 radical (unpaired) electrons. The van der Waals surface area contributed by atoms with Gasteiger partial charge in [-0.2, -0.15) is 26.3 Å². The van der Waals surface area contributed by atoms with Crippen LogP contribution >= 0.6 is 0 Å². The third-order valence-corrected chi connectivity index (χ3v) is 8.33. The lowest BCUT2D eigenvalue weighted by Crippen LogP contribution is -2.40. The number of hydrogen-bond acceptors (Lipinski definition) is 4. The highest BCUT2D eigenvalue weighted by Crippen LogP contribution is 2.40. The minimum Gasteiger partial charge on any atom is -0.350 e. The maximum absolute atomic E-state index is 13.0. The van der Waals surface area contributed by atoms with Gasteiger partial charge < -0.3 is 5.32 Å². The van der Waals surface area contributed by atoms with E-state index in [1.807, 2.05) is 6.92 Å². The number of nitrogens with one attached hydrogen (secondary N) is 1. The summed E-state index contributed by atoms with van der Waals surface area (Å²) in [6.45, 7) is 1.98. The number of sulfone groups is 1. The molecule has 1 aliphatic carbocycles. The fourth-order valence-corrected chi connectivity index (χ4v) is 5.70. The highest BCUT2D eigenvalue weighted by molar-refractivity contribution is 7.92. The first-order valence-electron chi connectivity index (χ1n) is 10.3. The first-order chi connectivity index (χ1) is 15.6. The van der Waals surface area contributed by atoms with E-state index in [1.54, 1.807) is 0 Å². The summed E-state index contributed by atoms with van der Waals surface area (Å²) in [5, 5.41) is 1.77. The van der Waals surface area contributed by atoms with Crippen molar-refractivity contribution in [1.29, 1.82) is 0 Å². The lowest BCUT2D eigenvalue weighted by atomic mass is 9.75. The van der Waals surface area contributed by atoms with Crippen molar-refractivity contribution in [3.8, 4) is 0 Å². The van der Waals surface area contributed by atoms with E-state index in [0.29, 0.717) is 25.1 Å². The van der Waals surface area contributed by atoms with Gasteiger partial charge in [0.1, 0.15) is 5.69 Å². The third-order valence-electron chi connectivity index (χ3n) is 6.07. The molecule has 0 saturated heterocycles. The number of rotatable bonds is 5. The van der Waals surface area contributed by atoms with Crippen molar-refractivity contribution < 1.29 is 39.6 Å². The highest BCUT2D eigenvalue weighted by Gasteiger charge is 2.39. The molecular formula is C22H22F6N2O3S. The van der Waals surface area contributed by atoms with Crippen LogP contribution < -0.4 is 5.32 Å². The Morgan fingerprint density at radius 1 is 1.03 bits per heavy atom. The Bertz CT molecular complexity index is 1140. The molecule has 12 heteroatoms. The van der Waals surface area contributed by atoms with Crippen molar-refractivity contribution in [3.63, 3.8) is 0 Å². The van der Waals surface area contributed by atoms with Crippen LogP contribution in [0.2, 0.25) is 0 Å². The van der Waals surface area contributed by atoms with Gasteiger partial charge >= 0.3 is 12.4 Å². The van der Waals surface area contributed by atoms with Gasteiger partial charge in [-0.3, -0.25) is 9.78 Å². The van der Waals surface area contributed by atoms with Crippen molar-refractivity contribution in [3.05, 3.63) is 59.4 Å². The highest BCUT2D eigenvalue weighted by atomic mass is 32.2. The van der Waals surface area contributed by atoms with Crippen molar-refractivity contribution in [2.24, 2.45) is 5.41 Å². The van der Waals surface area contributed by atoms with E-state index in [-0.39, 0.29) is 30.0 Å². The molecule has 1 aromatic carbocycles. The summed E-state index contributed by atoms with van der Waals surface area (Å²) in [4.78, 5) is 15.4. The van der Waals surface area contributed by atoms with Crippen molar-refractivity contribution in [1.82, 2.24) is 10.3 Å². The van der Waals surface area contributed by atoms with Crippen LogP contribution in [0.15, 0.2) is 47.5 Å². The lowest BCUT2D eigenvalue weighted by Gasteiger charge is -2.37. The van der Waals surface area contributed by atoms with Crippen molar-refractivity contribution in [2.75, 3.05) is 6.54 Å². The minimum atomic E-state index is -4.66. The second-order valence-electron chi connectivity index (χ2n) is 8.69. The summed E-state index contributed by atoms with van der Waals surface area (Å²) in [6, 6.07) is 5.39. The van der Waals surface area contributed by atoms with Gasteiger partial charge in [-0.25, -0.2) is 8.42 Å². The largest absolute Gasteiger partial charge is 0.417 e. The molecule has 1 aliphatic rings. The zero-order chi connectivity index (χ0) is 25.4. The van der Waals surface area contributed by atoms with Gasteiger partial charge in [0.15, 0.2) is 9.84 Å². The number of pyridine rings is 1. The summed E-state index contributed by atoms with van der Waals surface area (Å²) < 4.78 is 103. The summed E-state index contributed by atoms with van der Waals surface area (Å²) >= 11 is 0. The Balaban J connectivity index is 1.61. The van der Waals surface area contributed by atoms with Gasteiger partial charge in [0.25, 0.3) is 5.91 Å². The predicted molar refractivity (Wildman–Crippen MR) is 111 cm³/mol. The topological polar surface area (TPSA) is 76.1 Å². The Hall–Kier alpha value is -2.63. The fraction of sp³-hybridized carbons (Fsp3) is 0.455. The number of nitrogens with zero attached hydrogens (tertiary/aromatic N) is 1. The molecule has 0 unspecified atom stereocenters. The van der Waals surface area contributed by atoms with Gasteiger partial charge in [0.05, 0.1) is 21.3 Å². The van der Waals surface area contributed by atoms with E-state index in [0.717, 1.165) is 30.3 Å². The van der Waals surface area contributed by atoms with Crippen molar-refractivity contribution in [2.45, 2.75) is 55.1 Å². The van der Waals surface area contributed by atoms with E-state index < -0.39 is 49.9 Å². The summed E-state index contributed by atoms with van der Waals surface area (Å²) in [7, 11) is -3.97. The SMILES string of the molecule is CC1(CNC(=O)c2ccc(C(F)(F)F)cn2)CCC(S(=O)(=O)c2cccc(C(F)(F)F)c2)CC1. The Labute approximate surface area is 192 Å². The number of alkyl halides is 6. The van der Waals surface area contributed by atoms with Gasteiger partial charge in [0.2, 0.25) is 0 Å². The molecule has 1 aromatic heterocycles. The number of hydrogen-bond donors (Lipinski definition) is 1. The Morgan fingerprint density at radius 2 is 1.65 bits per heavy atom.